The smallest absolute Gasteiger partial charge is 0.270 e. The molecule has 0 aliphatic carbocycles. The van der Waals surface area contributed by atoms with Gasteiger partial charge in [-0.15, -0.1) is 0 Å². The average Bonchev–Trinajstić information content (AvgIpc) is 2.63. The van der Waals surface area contributed by atoms with Crippen molar-refractivity contribution >= 4 is 52.5 Å². The van der Waals surface area contributed by atoms with Gasteiger partial charge in [0.15, 0.2) is 16.6 Å². The summed E-state index contributed by atoms with van der Waals surface area (Å²) < 4.78 is 5.33. The fourth-order valence-electron chi connectivity index (χ4n) is 2.57. The van der Waals surface area contributed by atoms with Crippen molar-refractivity contribution in [1.29, 1.82) is 0 Å². The Bertz CT molecular complexity index is 957. The second kappa shape index (κ2) is 7.77. The zero-order valence-electron chi connectivity index (χ0n) is 14.2. The van der Waals surface area contributed by atoms with Gasteiger partial charge in [0, 0.05) is 10.6 Å². The fourth-order valence-corrected chi connectivity index (χ4v) is 2.97. The number of rotatable bonds is 4. The minimum Gasteiger partial charge on any atom is -0.504 e. The predicted molar refractivity (Wildman–Crippen MR) is 107 cm³/mol. The number of amides is 2. The number of ether oxygens (including phenoxy) is 1. The van der Waals surface area contributed by atoms with Gasteiger partial charge in [0.05, 0.1) is 12.3 Å². The molecule has 1 aliphatic rings. The van der Waals surface area contributed by atoms with Crippen molar-refractivity contribution in [3.05, 3.63) is 58.6 Å². The number of para-hydroxylation sites is 1. The number of benzene rings is 2. The van der Waals surface area contributed by atoms with E-state index in [9.17, 15) is 14.7 Å². The number of aromatic hydroxyl groups is 1. The summed E-state index contributed by atoms with van der Waals surface area (Å²) >= 11 is 11.0. The molecule has 0 aromatic heterocycles. The van der Waals surface area contributed by atoms with Gasteiger partial charge in [0.2, 0.25) is 0 Å². The van der Waals surface area contributed by atoms with Crippen molar-refractivity contribution in [3.63, 3.8) is 0 Å². The quantitative estimate of drug-likeness (QED) is 0.466. The highest BCUT2D eigenvalue weighted by molar-refractivity contribution is 7.80. The highest BCUT2D eigenvalue weighted by atomic mass is 35.5. The van der Waals surface area contributed by atoms with Gasteiger partial charge in [-0.1, -0.05) is 23.7 Å². The second-order valence-corrected chi connectivity index (χ2v) is 6.38. The van der Waals surface area contributed by atoms with Crippen molar-refractivity contribution < 1.29 is 19.4 Å². The first-order valence-corrected chi connectivity index (χ1v) is 8.82. The Labute approximate surface area is 166 Å². The Kier molecular flexibility index (Phi) is 5.43. The third-order valence-corrected chi connectivity index (χ3v) is 4.35. The van der Waals surface area contributed by atoms with Crippen LogP contribution in [0.4, 0.5) is 5.69 Å². The van der Waals surface area contributed by atoms with Crippen LogP contribution in [-0.2, 0) is 9.59 Å². The van der Waals surface area contributed by atoms with Crippen LogP contribution < -0.4 is 15.0 Å². The average molecular weight is 403 g/mol. The molecule has 0 bridgehead atoms. The van der Waals surface area contributed by atoms with Crippen LogP contribution in [0.5, 0.6) is 11.5 Å². The molecule has 2 aromatic rings. The molecular formula is C19H15ClN2O4S. The molecule has 0 radical (unpaired) electrons. The lowest BCUT2D eigenvalue weighted by Crippen LogP contribution is -2.54. The summed E-state index contributed by atoms with van der Waals surface area (Å²) in [7, 11) is 0. The molecule has 1 fully saturated rings. The van der Waals surface area contributed by atoms with Gasteiger partial charge < -0.3 is 9.84 Å². The third-order valence-electron chi connectivity index (χ3n) is 3.82. The summed E-state index contributed by atoms with van der Waals surface area (Å²) in [6.45, 7) is 2.15. The number of nitrogens with zero attached hydrogens (tertiary/aromatic N) is 1. The maximum absolute atomic E-state index is 12.9. The van der Waals surface area contributed by atoms with Crippen LogP contribution in [0, 0.1) is 0 Å². The van der Waals surface area contributed by atoms with Crippen LogP contribution in [0.1, 0.15) is 12.5 Å². The molecule has 0 saturated carbocycles. The number of halogens is 1. The summed E-state index contributed by atoms with van der Waals surface area (Å²) in [5.74, 6) is -1.14. The molecule has 0 atom stereocenters. The van der Waals surface area contributed by atoms with Crippen LogP contribution in [0.3, 0.4) is 0 Å². The van der Waals surface area contributed by atoms with Gasteiger partial charge >= 0.3 is 0 Å². The Balaban J connectivity index is 2.02. The SMILES string of the molecule is CCOc1cccc(/C=C2/C(=O)NC(=S)N(c3ccc(Cl)cc3)C2=O)c1O. The molecule has 2 aromatic carbocycles. The topological polar surface area (TPSA) is 78.9 Å². The largest absolute Gasteiger partial charge is 0.504 e. The Morgan fingerprint density at radius 1 is 1.22 bits per heavy atom. The highest BCUT2D eigenvalue weighted by Gasteiger charge is 2.34. The van der Waals surface area contributed by atoms with Crippen LogP contribution in [0.2, 0.25) is 5.02 Å². The summed E-state index contributed by atoms with van der Waals surface area (Å²) in [4.78, 5) is 26.4. The molecular weight excluding hydrogens is 388 g/mol. The number of anilines is 1. The van der Waals surface area contributed by atoms with Gasteiger partial charge in [-0.3, -0.25) is 19.8 Å². The maximum atomic E-state index is 12.9. The molecule has 27 heavy (non-hydrogen) atoms. The predicted octanol–water partition coefficient (Wildman–Crippen LogP) is 3.28. The molecule has 1 saturated heterocycles. The standard InChI is InChI=1S/C19H15ClN2O4S/c1-2-26-15-5-3-4-11(16(15)23)10-14-17(24)21-19(27)22(18(14)25)13-8-6-12(20)7-9-13/h3-10,23H,2H2,1H3,(H,21,24,27)/b14-10-. The molecule has 1 heterocycles. The van der Waals surface area contributed by atoms with Gasteiger partial charge in [-0.25, -0.2) is 0 Å². The summed E-state index contributed by atoms with van der Waals surface area (Å²) in [6, 6.07) is 11.3. The Morgan fingerprint density at radius 2 is 1.93 bits per heavy atom. The van der Waals surface area contributed by atoms with Gasteiger partial charge in [0.1, 0.15) is 5.57 Å². The van der Waals surface area contributed by atoms with E-state index in [0.717, 1.165) is 0 Å². The molecule has 0 unspecified atom stereocenters. The van der Waals surface area contributed by atoms with E-state index in [2.05, 4.69) is 5.32 Å². The van der Waals surface area contributed by atoms with Crippen LogP contribution in [-0.4, -0.2) is 28.6 Å². The van der Waals surface area contributed by atoms with Gasteiger partial charge in [-0.05, 0) is 55.5 Å². The summed E-state index contributed by atoms with van der Waals surface area (Å²) in [5.41, 5.74) is 0.582. The van der Waals surface area contributed by atoms with Crippen molar-refractivity contribution in [2.24, 2.45) is 0 Å². The molecule has 2 amide bonds. The highest BCUT2D eigenvalue weighted by Crippen LogP contribution is 2.32. The third kappa shape index (κ3) is 3.79. The van der Waals surface area contributed by atoms with Gasteiger partial charge in [0.25, 0.3) is 11.8 Å². The lowest BCUT2D eigenvalue weighted by molar-refractivity contribution is -0.122. The zero-order valence-corrected chi connectivity index (χ0v) is 15.8. The van der Waals surface area contributed by atoms with Crippen molar-refractivity contribution in [1.82, 2.24) is 5.32 Å². The number of phenolic OH excluding ortho intramolecular Hbond substituents is 1. The van der Waals surface area contributed by atoms with E-state index in [-0.39, 0.29) is 27.7 Å². The van der Waals surface area contributed by atoms with Crippen LogP contribution in [0.25, 0.3) is 6.08 Å². The minimum absolute atomic E-state index is 0.0308. The lowest BCUT2D eigenvalue weighted by atomic mass is 10.1. The number of thiocarbonyl (C=S) groups is 1. The van der Waals surface area contributed by atoms with Gasteiger partial charge in [-0.2, -0.15) is 0 Å². The van der Waals surface area contributed by atoms with E-state index in [1.807, 2.05) is 0 Å². The fraction of sp³-hybridized carbons (Fsp3) is 0.105. The molecule has 1 aliphatic heterocycles. The number of phenols is 1. The Morgan fingerprint density at radius 3 is 2.59 bits per heavy atom. The lowest BCUT2D eigenvalue weighted by Gasteiger charge is -2.29. The molecule has 0 spiro atoms. The maximum Gasteiger partial charge on any atom is 0.270 e. The summed E-state index contributed by atoms with van der Waals surface area (Å²) in [6.07, 6.45) is 1.31. The van der Waals surface area contributed by atoms with Crippen molar-refractivity contribution in [2.75, 3.05) is 11.5 Å². The van der Waals surface area contributed by atoms with E-state index in [1.54, 1.807) is 49.4 Å². The van der Waals surface area contributed by atoms with E-state index in [0.29, 0.717) is 17.3 Å². The van der Waals surface area contributed by atoms with Crippen LogP contribution in [0.15, 0.2) is 48.0 Å². The van der Waals surface area contributed by atoms with E-state index in [4.69, 9.17) is 28.6 Å². The molecule has 6 nitrogen and oxygen atoms in total. The number of carbonyl (C=O) groups is 2. The first kappa shape index (κ1) is 18.9. The monoisotopic (exact) mass is 402 g/mol. The molecule has 8 heteroatoms. The number of carbonyl (C=O) groups excluding carboxylic acids is 2. The molecule has 138 valence electrons. The first-order chi connectivity index (χ1) is 12.9. The number of nitrogens with one attached hydrogen (secondary N) is 1. The summed E-state index contributed by atoms with van der Waals surface area (Å²) in [5, 5.41) is 13.3. The normalized spacial score (nSPS) is 15.9. The molecule has 2 N–H and O–H groups in total. The second-order valence-electron chi connectivity index (χ2n) is 5.56. The Hall–Kier alpha value is -2.90. The molecule has 3 rings (SSSR count). The first-order valence-electron chi connectivity index (χ1n) is 8.04. The number of hydrogen-bond donors (Lipinski definition) is 2. The van der Waals surface area contributed by atoms with E-state index < -0.39 is 11.8 Å². The van der Waals surface area contributed by atoms with E-state index in [1.165, 1.54) is 11.0 Å². The minimum atomic E-state index is -0.642. The van der Waals surface area contributed by atoms with Crippen LogP contribution >= 0.6 is 23.8 Å². The van der Waals surface area contributed by atoms with Crippen molar-refractivity contribution in [2.45, 2.75) is 6.92 Å². The zero-order chi connectivity index (χ0) is 19.6. The van der Waals surface area contributed by atoms with Crippen molar-refractivity contribution in [3.8, 4) is 11.5 Å². The van der Waals surface area contributed by atoms with E-state index >= 15 is 0 Å². The number of hydrogen-bond acceptors (Lipinski definition) is 5.